The Morgan fingerprint density at radius 1 is 1.08 bits per heavy atom. The van der Waals surface area contributed by atoms with E-state index in [0.717, 1.165) is 45.2 Å². The Bertz CT molecular complexity index is 473. The van der Waals surface area contributed by atoms with Crippen LogP contribution in [-0.4, -0.2) is 82.5 Å². The Balaban J connectivity index is 1.66. The SMILES string of the molecule is CN=C(NCCOCCOC)N1CCN(Cc2ccccc2)CC1. The van der Waals surface area contributed by atoms with Crippen LogP contribution in [0.25, 0.3) is 0 Å². The van der Waals surface area contributed by atoms with Crippen molar-refractivity contribution in [2.45, 2.75) is 6.54 Å². The van der Waals surface area contributed by atoms with Gasteiger partial charge in [0.2, 0.25) is 0 Å². The zero-order chi connectivity index (χ0) is 17.0. The third kappa shape index (κ3) is 6.47. The van der Waals surface area contributed by atoms with E-state index in [0.29, 0.717) is 19.8 Å². The van der Waals surface area contributed by atoms with E-state index >= 15 is 0 Å². The fourth-order valence-corrected chi connectivity index (χ4v) is 2.77. The molecule has 1 saturated heterocycles. The molecule has 0 amide bonds. The molecule has 0 bridgehead atoms. The molecule has 0 radical (unpaired) electrons. The van der Waals surface area contributed by atoms with Gasteiger partial charge in [0, 0.05) is 53.4 Å². The molecule has 0 atom stereocenters. The van der Waals surface area contributed by atoms with Gasteiger partial charge in [-0.15, -0.1) is 0 Å². The quantitative estimate of drug-likeness (QED) is 0.437. The summed E-state index contributed by atoms with van der Waals surface area (Å²) in [6, 6.07) is 10.7. The maximum Gasteiger partial charge on any atom is 0.193 e. The van der Waals surface area contributed by atoms with Gasteiger partial charge in [-0.05, 0) is 5.56 Å². The molecule has 6 nitrogen and oxygen atoms in total. The molecule has 0 saturated carbocycles. The molecule has 0 unspecified atom stereocenters. The third-order valence-corrected chi connectivity index (χ3v) is 4.09. The van der Waals surface area contributed by atoms with E-state index in [-0.39, 0.29) is 0 Å². The molecule has 1 N–H and O–H groups in total. The largest absolute Gasteiger partial charge is 0.382 e. The predicted molar refractivity (Wildman–Crippen MR) is 97.3 cm³/mol. The number of rotatable bonds is 8. The zero-order valence-electron chi connectivity index (χ0n) is 14.9. The van der Waals surface area contributed by atoms with E-state index in [4.69, 9.17) is 9.47 Å². The van der Waals surface area contributed by atoms with E-state index in [1.54, 1.807) is 7.11 Å². The van der Waals surface area contributed by atoms with Crippen LogP contribution in [0, 0.1) is 0 Å². The lowest BCUT2D eigenvalue weighted by Gasteiger charge is -2.36. The summed E-state index contributed by atoms with van der Waals surface area (Å²) in [4.78, 5) is 9.20. The smallest absolute Gasteiger partial charge is 0.193 e. The lowest BCUT2D eigenvalue weighted by atomic mass is 10.2. The summed E-state index contributed by atoms with van der Waals surface area (Å²) >= 11 is 0. The van der Waals surface area contributed by atoms with Crippen LogP contribution in [0.15, 0.2) is 35.3 Å². The van der Waals surface area contributed by atoms with Crippen molar-refractivity contribution >= 4 is 5.96 Å². The van der Waals surface area contributed by atoms with Crippen molar-refractivity contribution in [2.24, 2.45) is 4.99 Å². The van der Waals surface area contributed by atoms with Crippen LogP contribution in [0.4, 0.5) is 0 Å². The second kappa shape index (κ2) is 11.0. The average molecular weight is 334 g/mol. The highest BCUT2D eigenvalue weighted by molar-refractivity contribution is 5.79. The third-order valence-electron chi connectivity index (χ3n) is 4.09. The second-order valence-corrected chi connectivity index (χ2v) is 5.83. The number of aliphatic imine (C=N–C) groups is 1. The lowest BCUT2D eigenvalue weighted by molar-refractivity contribution is 0.0729. The number of ether oxygens (including phenoxy) is 2. The van der Waals surface area contributed by atoms with Crippen LogP contribution in [0.2, 0.25) is 0 Å². The van der Waals surface area contributed by atoms with Crippen molar-refractivity contribution < 1.29 is 9.47 Å². The Hall–Kier alpha value is -1.63. The summed E-state index contributed by atoms with van der Waals surface area (Å²) in [6.07, 6.45) is 0. The zero-order valence-corrected chi connectivity index (χ0v) is 14.9. The number of methoxy groups -OCH3 is 1. The Kier molecular flexibility index (Phi) is 8.59. The minimum Gasteiger partial charge on any atom is -0.382 e. The standard InChI is InChI=1S/C18H30N4O2/c1-19-18(20-8-13-24-15-14-23-2)22-11-9-21(10-12-22)16-17-6-4-3-5-7-17/h3-7H,8-16H2,1-2H3,(H,19,20). The first kappa shape index (κ1) is 18.7. The van der Waals surface area contributed by atoms with Crippen molar-refractivity contribution in [3.05, 3.63) is 35.9 Å². The molecule has 1 aliphatic rings. The minimum absolute atomic E-state index is 0.634. The molecule has 1 heterocycles. The van der Waals surface area contributed by atoms with Gasteiger partial charge in [-0.3, -0.25) is 9.89 Å². The van der Waals surface area contributed by atoms with Gasteiger partial charge in [0.25, 0.3) is 0 Å². The second-order valence-electron chi connectivity index (χ2n) is 5.83. The summed E-state index contributed by atoms with van der Waals surface area (Å²) in [6.45, 7) is 7.83. The van der Waals surface area contributed by atoms with Crippen molar-refractivity contribution in [3.8, 4) is 0 Å². The highest BCUT2D eigenvalue weighted by Crippen LogP contribution is 2.08. The van der Waals surface area contributed by atoms with Crippen LogP contribution in [-0.2, 0) is 16.0 Å². The van der Waals surface area contributed by atoms with Gasteiger partial charge in [-0.2, -0.15) is 0 Å². The van der Waals surface area contributed by atoms with Gasteiger partial charge < -0.3 is 19.7 Å². The molecule has 6 heteroatoms. The Labute approximate surface area is 145 Å². The first-order chi connectivity index (χ1) is 11.8. The van der Waals surface area contributed by atoms with Gasteiger partial charge in [0.05, 0.1) is 19.8 Å². The highest BCUT2D eigenvalue weighted by Gasteiger charge is 2.19. The summed E-state index contributed by atoms with van der Waals surface area (Å²) < 4.78 is 10.4. The van der Waals surface area contributed by atoms with Crippen molar-refractivity contribution in [1.29, 1.82) is 0 Å². The number of hydrogen-bond donors (Lipinski definition) is 1. The van der Waals surface area contributed by atoms with E-state index < -0.39 is 0 Å². The fraction of sp³-hybridized carbons (Fsp3) is 0.611. The molecule has 0 spiro atoms. The van der Waals surface area contributed by atoms with Gasteiger partial charge in [-0.25, -0.2) is 0 Å². The van der Waals surface area contributed by atoms with E-state index in [1.807, 2.05) is 7.05 Å². The molecular weight excluding hydrogens is 304 g/mol. The molecule has 1 aromatic rings. The summed E-state index contributed by atoms with van der Waals surface area (Å²) in [5, 5.41) is 3.37. The predicted octanol–water partition coefficient (Wildman–Crippen LogP) is 1.04. The van der Waals surface area contributed by atoms with Crippen LogP contribution in [0.3, 0.4) is 0 Å². The molecule has 1 aromatic carbocycles. The first-order valence-electron chi connectivity index (χ1n) is 8.62. The number of guanidine groups is 1. The van der Waals surface area contributed by atoms with Crippen LogP contribution in [0.1, 0.15) is 5.56 Å². The van der Waals surface area contributed by atoms with Gasteiger partial charge in [0.1, 0.15) is 0 Å². The van der Waals surface area contributed by atoms with Crippen LogP contribution >= 0.6 is 0 Å². The van der Waals surface area contributed by atoms with Crippen molar-refractivity contribution in [1.82, 2.24) is 15.1 Å². The normalized spacial score (nSPS) is 16.4. The molecule has 0 aliphatic carbocycles. The van der Waals surface area contributed by atoms with E-state index in [2.05, 4.69) is 50.4 Å². The number of nitrogens with zero attached hydrogens (tertiary/aromatic N) is 3. The highest BCUT2D eigenvalue weighted by atomic mass is 16.5. The number of benzene rings is 1. The summed E-state index contributed by atoms with van der Waals surface area (Å²) in [7, 11) is 3.52. The average Bonchev–Trinajstić information content (AvgIpc) is 2.63. The lowest BCUT2D eigenvalue weighted by Crippen LogP contribution is -2.52. The van der Waals surface area contributed by atoms with Crippen LogP contribution in [0.5, 0.6) is 0 Å². The maximum atomic E-state index is 5.47. The summed E-state index contributed by atoms with van der Waals surface area (Å²) in [5.41, 5.74) is 1.38. The molecule has 1 fully saturated rings. The molecule has 2 rings (SSSR count). The van der Waals surface area contributed by atoms with E-state index in [9.17, 15) is 0 Å². The topological polar surface area (TPSA) is 49.3 Å². The maximum absolute atomic E-state index is 5.47. The van der Waals surface area contributed by atoms with E-state index in [1.165, 1.54) is 5.56 Å². The Morgan fingerprint density at radius 2 is 1.83 bits per heavy atom. The van der Waals surface area contributed by atoms with Gasteiger partial charge in [-0.1, -0.05) is 30.3 Å². The summed E-state index contributed by atoms with van der Waals surface area (Å²) in [5.74, 6) is 0.963. The van der Waals surface area contributed by atoms with Crippen LogP contribution < -0.4 is 5.32 Å². The minimum atomic E-state index is 0.634. The number of piperazine rings is 1. The van der Waals surface area contributed by atoms with Gasteiger partial charge in [0.15, 0.2) is 5.96 Å². The number of nitrogens with one attached hydrogen (secondary N) is 1. The number of hydrogen-bond acceptors (Lipinski definition) is 4. The molecule has 0 aromatic heterocycles. The van der Waals surface area contributed by atoms with Crippen molar-refractivity contribution in [3.63, 3.8) is 0 Å². The fourth-order valence-electron chi connectivity index (χ4n) is 2.77. The molecule has 24 heavy (non-hydrogen) atoms. The first-order valence-corrected chi connectivity index (χ1v) is 8.62. The molecular formula is C18H30N4O2. The molecule has 1 aliphatic heterocycles. The van der Waals surface area contributed by atoms with Gasteiger partial charge >= 0.3 is 0 Å². The monoisotopic (exact) mass is 334 g/mol. The Morgan fingerprint density at radius 3 is 2.50 bits per heavy atom. The van der Waals surface area contributed by atoms with Crippen molar-refractivity contribution in [2.75, 3.05) is 66.7 Å². The molecule has 134 valence electrons.